The zero-order valence-corrected chi connectivity index (χ0v) is 30.8. The number of aryl methyl sites for hydroxylation is 1. The Labute approximate surface area is 310 Å². The van der Waals surface area contributed by atoms with Crippen LogP contribution in [-0.4, -0.2) is 81.3 Å². The first-order valence-electron chi connectivity index (χ1n) is 16.9. The molecule has 2 N–H and O–H groups in total. The van der Waals surface area contributed by atoms with E-state index in [9.17, 15) is 26.7 Å². The number of fused-ring (bicyclic) bond motifs is 3. The number of rotatable bonds is 7. The topological polar surface area (TPSA) is 115 Å². The number of carbonyl (C=O) groups is 1. The molecule has 0 saturated carbocycles. The van der Waals surface area contributed by atoms with Gasteiger partial charge < -0.3 is 25.0 Å². The lowest BCUT2D eigenvalue weighted by molar-refractivity contribution is -0.139. The molecule has 52 heavy (non-hydrogen) atoms. The molecule has 1 aromatic carbocycles. The number of alkyl halides is 3. The highest BCUT2D eigenvalue weighted by molar-refractivity contribution is 9.10. The van der Waals surface area contributed by atoms with Crippen molar-refractivity contribution in [3.63, 3.8) is 0 Å². The van der Waals surface area contributed by atoms with Crippen LogP contribution in [-0.2, 0) is 37.0 Å². The van der Waals surface area contributed by atoms with Gasteiger partial charge in [0.25, 0.3) is 12.0 Å². The number of carbonyl (C=O) groups excluding carboxylic acids is 1. The van der Waals surface area contributed by atoms with E-state index in [4.69, 9.17) is 36.8 Å². The lowest BCUT2D eigenvalue weighted by Crippen LogP contribution is -2.43. The standard InChI is InChI=1S/C34H37BrClF5N8O3/c1-46(2)31(50)29-28(35)24-15-47(6-4-8-49(24)45-29)30-21-16-51-25(20-10-19(42)11-22(36)27(20)34(39,40)41)12-23(21)43-32(44-30)52-17-33-5-3-7-48(33)14-18(13-33)9-26(37)38/h9-11,18,25H,3-8,12-17,42H2,1-2H3/t18-,25-,33+/m0/s1. The summed E-state index contributed by atoms with van der Waals surface area (Å²) in [4.78, 5) is 28.1. The SMILES string of the molecule is CN(C)C(=O)c1nn2c(c1Br)CN(c1nc(OC[C@]34CCCN3C[C@@H](C=C(F)F)C4)nc3c1CO[C@H](c1cc(N)cc(Cl)c1C(F)(F)F)C3)CCC2. The van der Waals surface area contributed by atoms with Crippen LogP contribution in [0.15, 0.2) is 28.8 Å². The molecule has 11 nitrogen and oxygen atoms in total. The summed E-state index contributed by atoms with van der Waals surface area (Å²) in [5.74, 6) is -0.0910. The van der Waals surface area contributed by atoms with Crippen molar-refractivity contribution in [3.05, 3.63) is 67.6 Å². The molecule has 4 aliphatic heterocycles. The molecule has 6 heterocycles. The van der Waals surface area contributed by atoms with Gasteiger partial charge in [-0.1, -0.05) is 11.6 Å². The molecular weight excluding hydrogens is 779 g/mol. The predicted molar refractivity (Wildman–Crippen MR) is 185 cm³/mol. The minimum absolute atomic E-state index is 0.0215. The largest absolute Gasteiger partial charge is 0.461 e. The first kappa shape index (κ1) is 36.8. The minimum atomic E-state index is -4.77. The van der Waals surface area contributed by atoms with E-state index in [1.165, 1.54) is 11.0 Å². The van der Waals surface area contributed by atoms with Gasteiger partial charge >= 0.3 is 12.2 Å². The van der Waals surface area contributed by atoms with Crippen molar-refractivity contribution in [1.82, 2.24) is 29.5 Å². The van der Waals surface area contributed by atoms with Crippen molar-refractivity contribution in [2.45, 2.75) is 69.6 Å². The van der Waals surface area contributed by atoms with Gasteiger partial charge in [0.1, 0.15) is 12.4 Å². The number of anilines is 2. The number of hydrogen-bond donors (Lipinski definition) is 1. The van der Waals surface area contributed by atoms with E-state index in [-0.39, 0.29) is 54.4 Å². The van der Waals surface area contributed by atoms with E-state index < -0.39 is 34.5 Å². The van der Waals surface area contributed by atoms with Gasteiger partial charge in [-0.3, -0.25) is 14.4 Å². The minimum Gasteiger partial charge on any atom is -0.461 e. The molecule has 0 aliphatic carbocycles. The van der Waals surface area contributed by atoms with Crippen LogP contribution in [0.25, 0.3) is 0 Å². The average Bonchev–Trinajstić information content (AvgIpc) is 3.64. The highest BCUT2D eigenvalue weighted by Gasteiger charge is 2.49. The third-order valence-corrected chi connectivity index (χ3v) is 11.5. The summed E-state index contributed by atoms with van der Waals surface area (Å²) in [5, 5.41) is 4.05. The summed E-state index contributed by atoms with van der Waals surface area (Å²) in [5.41, 5.74) is 6.38. The third kappa shape index (κ3) is 6.96. The molecule has 18 heteroatoms. The van der Waals surface area contributed by atoms with Gasteiger partial charge in [0, 0.05) is 51.4 Å². The Kier molecular flexibility index (Phi) is 9.93. The fourth-order valence-electron chi connectivity index (χ4n) is 8.03. The molecule has 0 unspecified atom stereocenters. The van der Waals surface area contributed by atoms with E-state index in [0.29, 0.717) is 60.6 Å². The lowest BCUT2D eigenvalue weighted by atomic mass is 9.91. The predicted octanol–water partition coefficient (Wildman–Crippen LogP) is 6.63. The van der Waals surface area contributed by atoms with Crippen molar-refractivity contribution >= 4 is 44.9 Å². The number of benzene rings is 1. The van der Waals surface area contributed by atoms with Gasteiger partial charge in [-0.15, -0.1) is 0 Å². The Morgan fingerprint density at radius 3 is 2.73 bits per heavy atom. The fourth-order valence-corrected chi connectivity index (χ4v) is 8.95. The van der Waals surface area contributed by atoms with Gasteiger partial charge in [-0.25, -0.2) is 0 Å². The molecular formula is C34H37BrClF5N8O3. The smallest absolute Gasteiger partial charge is 0.418 e. The van der Waals surface area contributed by atoms with Gasteiger partial charge in [0.2, 0.25) is 0 Å². The molecule has 4 aliphatic rings. The summed E-state index contributed by atoms with van der Waals surface area (Å²) in [6.45, 7) is 2.66. The summed E-state index contributed by atoms with van der Waals surface area (Å²) in [6, 6.07) is 2.31. The first-order chi connectivity index (χ1) is 24.6. The molecule has 2 saturated heterocycles. The highest BCUT2D eigenvalue weighted by Crippen LogP contribution is 2.46. The van der Waals surface area contributed by atoms with Crippen LogP contribution >= 0.6 is 27.5 Å². The number of amides is 1. The number of ether oxygens (including phenoxy) is 2. The second-order valence-corrected chi connectivity index (χ2v) is 15.2. The molecule has 1 amide bonds. The lowest BCUT2D eigenvalue weighted by Gasteiger charge is -2.33. The number of hydrogen-bond acceptors (Lipinski definition) is 9. The van der Waals surface area contributed by atoms with Crippen LogP contribution in [0.3, 0.4) is 0 Å². The molecule has 3 atom stereocenters. The van der Waals surface area contributed by atoms with Crippen LogP contribution in [0.5, 0.6) is 6.01 Å². The normalized spacial score (nSPS) is 23.1. The van der Waals surface area contributed by atoms with Gasteiger partial charge in [0.15, 0.2) is 5.69 Å². The van der Waals surface area contributed by atoms with Crippen LogP contribution in [0.2, 0.25) is 5.02 Å². The number of halogens is 7. The number of aromatic nitrogens is 4. The quantitative estimate of drug-likeness (QED) is 0.208. The summed E-state index contributed by atoms with van der Waals surface area (Å²) in [7, 11) is 3.30. The maximum absolute atomic E-state index is 14.3. The van der Waals surface area contributed by atoms with E-state index >= 15 is 0 Å². The molecule has 7 rings (SSSR count). The van der Waals surface area contributed by atoms with Gasteiger partial charge in [-0.2, -0.15) is 37.0 Å². The Bertz CT molecular complexity index is 1920. The summed E-state index contributed by atoms with van der Waals surface area (Å²) >= 11 is 9.69. The Hall–Kier alpha value is -3.54. The Balaban J connectivity index is 1.26. The van der Waals surface area contributed by atoms with Crippen molar-refractivity contribution in [3.8, 4) is 6.01 Å². The fraction of sp³-hybridized carbons (Fsp3) is 0.529. The Morgan fingerprint density at radius 2 is 2.00 bits per heavy atom. The summed E-state index contributed by atoms with van der Waals surface area (Å²) < 4.78 is 84.1. The third-order valence-electron chi connectivity index (χ3n) is 10.3. The van der Waals surface area contributed by atoms with Crippen LogP contribution in [0.1, 0.15) is 70.4 Å². The average molecular weight is 816 g/mol. The maximum Gasteiger partial charge on any atom is 0.418 e. The molecule has 280 valence electrons. The number of nitrogens with zero attached hydrogens (tertiary/aromatic N) is 7. The van der Waals surface area contributed by atoms with E-state index in [0.717, 1.165) is 37.2 Å². The van der Waals surface area contributed by atoms with Crippen molar-refractivity contribution in [2.75, 3.05) is 51.0 Å². The Morgan fingerprint density at radius 1 is 1.21 bits per heavy atom. The highest BCUT2D eigenvalue weighted by atomic mass is 79.9. The first-order valence-corrected chi connectivity index (χ1v) is 18.1. The molecule has 2 aromatic heterocycles. The summed E-state index contributed by atoms with van der Waals surface area (Å²) in [6.07, 6.45) is -3.82. The molecule has 3 aromatic rings. The van der Waals surface area contributed by atoms with Crippen LogP contribution in [0.4, 0.5) is 33.5 Å². The second-order valence-electron chi connectivity index (χ2n) is 14.0. The van der Waals surface area contributed by atoms with Crippen LogP contribution in [0, 0.1) is 5.92 Å². The van der Waals surface area contributed by atoms with Crippen molar-refractivity contribution < 1.29 is 36.2 Å². The van der Waals surface area contributed by atoms with E-state index in [1.807, 2.05) is 4.90 Å². The monoisotopic (exact) mass is 814 g/mol. The number of nitrogens with two attached hydrogens (primary N) is 1. The van der Waals surface area contributed by atoms with Crippen LogP contribution < -0.4 is 15.4 Å². The van der Waals surface area contributed by atoms with E-state index in [2.05, 4.69) is 25.9 Å². The van der Waals surface area contributed by atoms with Gasteiger partial charge in [-0.05, 0) is 77.8 Å². The second kappa shape index (κ2) is 14.0. The zero-order valence-electron chi connectivity index (χ0n) is 28.5. The molecule has 2 fully saturated rings. The number of nitrogen functional groups attached to an aromatic ring is 1. The van der Waals surface area contributed by atoms with Crippen molar-refractivity contribution in [1.29, 1.82) is 0 Å². The van der Waals surface area contributed by atoms with Gasteiger partial charge in [0.05, 0.1) is 51.2 Å². The maximum atomic E-state index is 14.3. The van der Waals surface area contributed by atoms with E-state index in [1.54, 1.807) is 18.8 Å². The molecule has 0 bridgehead atoms. The van der Waals surface area contributed by atoms with Crippen molar-refractivity contribution in [2.24, 2.45) is 5.92 Å². The molecule has 0 radical (unpaired) electrons. The molecule has 0 spiro atoms. The zero-order chi connectivity index (χ0) is 37.1.